The van der Waals surface area contributed by atoms with Gasteiger partial charge in [0, 0.05) is 23.0 Å². The van der Waals surface area contributed by atoms with Gasteiger partial charge in [-0.25, -0.2) is 4.98 Å². The average molecular weight is 370 g/mol. The number of nitrogens with one attached hydrogen (secondary N) is 1. The van der Waals surface area contributed by atoms with Crippen LogP contribution >= 0.6 is 23.5 Å². The Labute approximate surface area is 156 Å². The number of imidazole rings is 1. The number of carbonyl (C=O) groups excluding carboxylic acids is 1. The molecule has 0 atom stereocenters. The molecule has 3 aromatic rings. The Bertz CT molecular complexity index is 876. The standard InChI is InChI=1S/C19H19N3OS2/c1-14-6-3-4-9-17(14)22-11-10-20-19(22)25-13-18(23)21-15-7-5-8-16(12-15)24-2/h3-12H,13H2,1-2H3,(H,21,23). The van der Waals surface area contributed by atoms with Crippen molar-refractivity contribution in [1.82, 2.24) is 9.55 Å². The van der Waals surface area contributed by atoms with Crippen LogP contribution in [0.4, 0.5) is 5.69 Å². The molecule has 4 nitrogen and oxygen atoms in total. The van der Waals surface area contributed by atoms with Gasteiger partial charge in [-0.1, -0.05) is 36.0 Å². The average Bonchev–Trinajstić information content (AvgIpc) is 3.09. The van der Waals surface area contributed by atoms with Gasteiger partial charge in [0.05, 0.1) is 11.4 Å². The number of amides is 1. The van der Waals surface area contributed by atoms with Gasteiger partial charge in [0.1, 0.15) is 0 Å². The van der Waals surface area contributed by atoms with Gasteiger partial charge in [0.15, 0.2) is 5.16 Å². The highest BCUT2D eigenvalue weighted by Gasteiger charge is 2.10. The van der Waals surface area contributed by atoms with Crippen LogP contribution in [0.5, 0.6) is 0 Å². The third-order valence-electron chi connectivity index (χ3n) is 3.67. The van der Waals surface area contributed by atoms with Gasteiger partial charge in [0.2, 0.25) is 5.91 Å². The lowest BCUT2D eigenvalue weighted by Gasteiger charge is -2.10. The van der Waals surface area contributed by atoms with E-state index in [-0.39, 0.29) is 5.91 Å². The second-order valence-corrected chi connectivity index (χ2v) is 7.26. The summed E-state index contributed by atoms with van der Waals surface area (Å²) in [7, 11) is 0. The molecule has 128 valence electrons. The predicted octanol–water partition coefficient (Wildman–Crippen LogP) is 4.63. The molecule has 25 heavy (non-hydrogen) atoms. The molecule has 0 bridgehead atoms. The molecule has 1 N–H and O–H groups in total. The Balaban J connectivity index is 1.65. The van der Waals surface area contributed by atoms with E-state index in [0.29, 0.717) is 5.75 Å². The van der Waals surface area contributed by atoms with E-state index in [1.165, 1.54) is 17.3 Å². The number of hydrogen-bond donors (Lipinski definition) is 1. The number of nitrogens with zero attached hydrogens (tertiary/aromatic N) is 2. The number of aromatic nitrogens is 2. The van der Waals surface area contributed by atoms with Crippen molar-refractivity contribution in [2.75, 3.05) is 17.3 Å². The van der Waals surface area contributed by atoms with E-state index in [4.69, 9.17) is 0 Å². The molecule has 0 aliphatic carbocycles. The van der Waals surface area contributed by atoms with E-state index in [0.717, 1.165) is 21.4 Å². The van der Waals surface area contributed by atoms with Gasteiger partial charge in [-0.05, 0) is 43.0 Å². The molecule has 1 amide bonds. The minimum atomic E-state index is -0.0393. The maximum Gasteiger partial charge on any atom is 0.234 e. The number of thioether (sulfide) groups is 2. The first-order valence-corrected chi connectivity index (χ1v) is 10.0. The van der Waals surface area contributed by atoms with Crippen LogP contribution in [-0.4, -0.2) is 27.5 Å². The predicted molar refractivity (Wildman–Crippen MR) is 106 cm³/mol. The second-order valence-electron chi connectivity index (χ2n) is 5.44. The minimum absolute atomic E-state index is 0.0393. The van der Waals surface area contributed by atoms with Crippen LogP contribution in [0.3, 0.4) is 0 Å². The lowest BCUT2D eigenvalue weighted by atomic mass is 10.2. The quantitative estimate of drug-likeness (QED) is 0.643. The Morgan fingerprint density at radius 1 is 1.20 bits per heavy atom. The summed E-state index contributed by atoms with van der Waals surface area (Å²) in [5.41, 5.74) is 3.07. The molecule has 0 aliphatic heterocycles. The van der Waals surface area contributed by atoms with Crippen molar-refractivity contribution >= 4 is 35.1 Å². The van der Waals surface area contributed by atoms with Crippen molar-refractivity contribution in [3.8, 4) is 5.69 Å². The van der Waals surface area contributed by atoms with Crippen molar-refractivity contribution in [3.63, 3.8) is 0 Å². The highest BCUT2D eigenvalue weighted by molar-refractivity contribution is 7.99. The van der Waals surface area contributed by atoms with Gasteiger partial charge in [-0.3, -0.25) is 9.36 Å². The topological polar surface area (TPSA) is 46.9 Å². The first kappa shape index (κ1) is 17.6. The summed E-state index contributed by atoms with van der Waals surface area (Å²) in [4.78, 5) is 17.8. The fourth-order valence-electron chi connectivity index (χ4n) is 2.44. The van der Waals surface area contributed by atoms with Crippen LogP contribution in [0.2, 0.25) is 0 Å². The van der Waals surface area contributed by atoms with Crippen LogP contribution in [0, 0.1) is 6.92 Å². The Kier molecular flexibility index (Phi) is 5.83. The van der Waals surface area contributed by atoms with E-state index in [2.05, 4.69) is 29.4 Å². The smallest absolute Gasteiger partial charge is 0.234 e. The molecule has 0 fully saturated rings. The Hall–Kier alpha value is -2.18. The van der Waals surface area contributed by atoms with Crippen LogP contribution in [-0.2, 0) is 4.79 Å². The summed E-state index contributed by atoms with van der Waals surface area (Å²) in [5.74, 6) is 0.273. The normalized spacial score (nSPS) is 10.6. The summed E-state index contributed by atoms with van der Waals surface area (Å²) in [6, 6.07) is 16.0. The minimum Gasteiger partial charge on any atom is -0.325 e. The molecule has 0 unspecified atom stereocenters. The zero-order valence-corrected chi connectivity index (χ0v) is 15.7. The monoisotopic (exact) mass is 369 g/mol. The fourth-order valence-corrected chi connectivity index (χ4v) is 3.67. The number of anilines is 1. The van der Waals surface area contributed by atoms with Gasteiger partial charge in [-0.2, -0.15) is 0 Å². The highest BCUT2D eigenvalue weighted by atomic mass is 32.2. The molecular weight excluding hydrogens is 350 g/mol. The Morgan fingerprint density at radius 2 is 2.04 bits per heavy atom. The third-order valence-corrected chi connectivity index (χ3v) is 5.36. The molecule has 0 saturated heterocycles. The fraction of sp³-hybridized carbons (Fsp3) is 0.158. The first-order valence-electron chi connectivity index (χ1n) is 7.83. The van der Waals surface area contributed by atoms with Crippen molar-refractivity contribution in [3.05, 3.63) is 66.5 Å². The zero-order valence-electron chi connectivity index (χ0n) is 14.1. The molecule has 0 aliphatic rings. The highest BCUT2D eigenvalue weighted by Crippen LogP contribution is 2.23. The lowest BCUT2D eigenvalue weighted by molar-refractivity contribution is -0.113. The molecule has 0 radical (unpaired) electrons. The number of aryl methyl sites for hydroxylation is 1. The van der Waals surface area contributed by atoms with E-state index in [1.54, 1.807) is 18.0 Å². The van der Waals surface area contributed by atoms with Crippen LogP contribution in [0.1, 0.15) is 5.56 Å². The van der Waals surface area contributed by atoms with Crippen molar-refractivity contribution in [2.45, 2.75) is 17.0 Å². The maximum atomic E-state index is 12.2. The number of rotatable bonds is 6. The van der Waals surface area contributed by atoms with E-state index < -0.39 is 0 Å². The van der Waals surface area contributed by atoms with Crippen LogP contribution in [0.25, 0.3) is 5.69 Å². The van der Waals surface area contributed by atoms with Gasteiger partial charge in [-0.15, -0.1) is 11.8 Å². The van der Waals surface area contributed by atoms with Crippen LogP contribution in [0.15, 0.2) is 71.0 Å². The molecular formula is C19H19N3OS2. The van der Waals surface area contributed by atoms with Crippen molar-refractivity contribution in [2.24, 2.45) is 0 Å². The number of para-hydroxylation sites is 1. The number of carbonyl (C=O) groups is 1. The molecule has 0 saturated carbocycles. The molecule has 1 aromatic heterocycles. The van der Waals surface area contributed by atoms with Gasteiger partial charge >= 0.3 is 0 Å². The molecule has 3 rings (SSSR count). The summed E-state index contributed by atoms with van der Waals surface area (Å²) in [6.45, 7) is 2.06. The largest absolute Gasteiger partial charge is 0.325 e. The van der Waals surface area contributed by atoms with Crippen LogP contribution < -0.4 is 5.32 Å². The molecule has 6 heteroatoms. The second kappa shape index (κ2) is 8.27. The lowest BCUT2D eigenvalue weighted by Crippen LogP contribution is -2.14. The summed E-state index contributed by atoms with van der Waals surface area (Å²) < 4.78 is 2.02. The maximum absolute atomic E-state index is 12.2. The van der Waals surface area contributed by atoms with E-state index >= 15 is 0 Å². The first-order chi connectivity index (χ1) is 12.2. The third kappa shape index (κ3) is 4.46. The Morgan fingerprint density at radius 3 is 2.84 bits per heavy atom. The molecule has 0 spiro atoms. The summed E-state index contributed by atoms with van der Waals surface area (Å²) in [5, 5.41) is 3.75. The van der Waals surface area contributed by atoms with E-state index in [1.807, 2.05) is 53.4 Å². The van der Waals surface area contributed by atoms with Crippen molar-refractivity contribution < 1.29 is 4.79 Å². The summed E-state index contributed by atoms with van der Waals surface area (Å²) >= 11 is 3.08. The number of hydrogen-bond acceptors (Lipinski definition) is 4. The van der Waals surface area contributed by atoms with Gasteiger partial charge < -0.3 is 5.32 Å². The van der Waals surface area contributed by atoms with Crippen molar-refractivity contribution in [1.29, 1.82) is 0 Å². The molecule has 1 heterocycles. The van der Waals surface area contributed by atoms with Gasteiger partial charge in [0.25, 0.3) is 0 Å². The number of benzene rings is 2. The van der Waals surface area contributed by atoms with E-state index in [9.17, 15) is 4.79 Å². The molecule has 2 aromatic carbocycles. The zero-order chi connectivity index (χ0) is 17.6. The SMILES string of the molecule is CSc1cccc(NC(=O)CSc2nccn2-c2ccccc2C)c1. The summed E-state index contributed by atoms with van der Waals surface area (Å²) in [6.07, 6.45) is 5.70.